The molecule has 0 aliphatic heterocycles. The van der Waals surface area contributed by atoms with Gasteiger partial charge in [0.1, 0.15) is 10.8 Å². The van der Waals surface area contributed by atoms with Gasteiger partial charge >= 0.3 is 0 Å². The van der Waals surface area contributed by atoms with Crippen LogP contribution >= 0.6 is 23.6 Å². The van der Waals surface area contributed by atoms with Crippen LogP contribution in [0, 0.1) is 6.92 Å². The standard InChI is InChI=1S/C10H8N4S2/c1-7-2-3-11-8(4-7)14-10-12-5-9(16-10)13-6-15/h2-5H,1H3,(H,11,12,14). The van der Waals surface area contributed by atoms with Crippen molar-refractivity contribution in [2.45, 2.75) is 6.92 Å². The zero-order valence-corrected chi connectivity index (χ0v) is 10.1. The maximum atomic E-state index is 4.52. The zero-order chi connectivity index (χ0) is 11.4. The topological polar surface area (TPSA) is 50.2 Å². The molecule has 0 saturated carbocycles. The average Bonchev–Trinajstić information content (AvgIpc) is 2.66. The molecule has 2 aromatic heterocycles. The first-order chi connectivity index (χ1) is 7.78. The number of hydrogen-bond donors (Lipinski definition) is 1. The number of aromatic nitrogens is 2. The van der Waals surface area contributed by atoms with E-state index in [0.717, 1.165) is 21.5 Å². The molecular formula is C10H8N4S2. The number of hydrogen-bond acceptors (Lipinski definition) is 6. The zero-order valence-electron chi connectivity index (χ0n) is 8.47. The number of nitrogens with zero attached hydrogens (tertiary/aromatic N) is 3. The van der Waals surface area contributed by atoms with Crippen LogP contribution in [0.25, 0.3) is 0 Å². The molecule has 0 spiro atoms. The van der Waals surface area contributed by atoms with Crippen molar-refractivity contribution in [3.05, 3.63) is 30.1 Å². The molecular weight excluding hydrogens is 240 g/mol. The van der Waals surface area contributed by atoms with Crippen molar-refractivity contribution in [2.75, 3.05) is 5.32 Å². The predicted octanol–water partition coefficient (Wildman–Crippen LogP) is 3.32. The summed E-state index contributed by atoms with van der Waals surface area (Å²) < 4.78 is 0. The van der Waals surface area contributed by atoms with Crippen LogP contribution in [-0.2, 0) is 0 Å². The molecule has 4 nitrogen and oxygen atoms in total. The lowest BCUT2D eigenvalue weighted by Gasteiger charge is -2.01. The second-order valence-electron chi connectivity index (χ2n) is 3.05. The molecule has 80 valence electrons. The first kappa shape index (κ1) is 10.9. The summed E-state index contributed by atoms with van der Waals surface area (Å²) in [5.41, 5.74) is 1.14. The number of pyridine rings is 1. The van der Waals surface area contributed by atoms with E-state index in [0.29, 0.717) is 0 Å². The van der Waals surface area contributed by atoms with Gasteiger partial charge in [-0.3, -0.25) is 0 Å². The maximum absolute atomic E-state index is 4.52. The summed E-state index contributed by atoms with van der Waals surface area (Å²) in [6.45, 7) is 2.01. The minimum absolute atomic E-state index is 0.727. The van der Waals surface area contributed by atoms with Gasteiger partial charge in [0, 0.05) is 6.20 Å². The second kappa shape index (κ2) is 4.94. The lowest BCUT2D eigenvalue weighted by atomic mass is 10.3. The summed E-state index contributed by atoms with van der Waals surface area (Å²) in [5.74, 6) is 0.771. The summed E-state index contributed by atoms with van der Waals surface area (Å²) in [7, 11) is 0. The molecule has 0 aromatic carbocycles. The third kappa shape index (κ3) is 2.70. The van der Waals surface area contributed by atoms with E-state index in [9.17, 15) is 0 Å². The molecule has 0 aliphatic carbocycles. The average molecular weight is 248 g/mol. The number of anilines is 2. The number of aryl methyl sites for hydroxylation is 1. The lowest BCUT2D eigenvalue weighted by molar-refractivity contribution is 1.26. The van der Waals surface area contributed by atoms with Crippen LogP contribution in [0.1, 0.15) is 5.56 Å². The molecule has 6 heteroatoms. The highest BCUT2D eigenvalue weighted by molar-refractivity contribution is 7.78. The fourth-order valence-electron chi connectivity index (χ4n) is 1.13. The van der Waals surface area contributed by atoms with Crippen molar-refractivity contribution in [3.8, 4) is 0 Å². The number of aliphatic imine (C=N–C) groups is 1. The Morgan fingerprint density at radius 3 is 3.12 bits per heavy atom. The Bertz CT molecular complexity index is 543. The van der Waals surface area contributed by atoms with Gasteiger partial charge in [0.25, 0.3) is 0 Å². The maximum Gasteiger partial charge on any atom is 0.190 e. The van der Waals surface area contributed by atoms with Crippen LogP contribution < -0.4 is 5.32 Å². The Labute approximate surface area is 102 Å². The van der Waals surface area contributed by atoms with Gasteiger partial charge in [-0.05, 0) is 36.8 Å². The van der Waals surface area contributed by atoms with E-state index in [2.05, 4.69) is 37.7 Å². The third-order valence-electron chi connectivity index (χ3n) is 1.80. The number of thiocarbonyl (C=S) groups is 1. The van der Waals surface area contributed by atoms with E-state index in [1.165, 1.54) is 11.3 Å². The molecule has 0 bridgehead atoms. The van der Waals surface area contributed by atoms with E-state index in [1.54, 1.807) is 12.4 Å². The molecule has 0 saturated heterocycles. The van der Waals surface area contributed by atoms with Crippen molar-refractivity contribution in [1.29, 1.82) is 0 Å². The summed E-state index contributed by atoms with van der Waals surface area (Å²) >= 11 is 5.92. The van der Waals surface area contributed by atoms with Crippen LogP contribution in [0.5, 0.6) is 0 Å². The smallest absolute Gasteiger partial charge is 0.190 e. The highest BCUT2D eigenvalue weighted by Gasteiger charge is 2.01. The third-order valence-corrected chi connectivity index (χ3v) is 2.70. The van der Waals surface area contributed by atoms with Crippen LogP contribution in [0.4, 0.5) is 16.0 Å². The molecule has 0 atom stereocenters. The molecule has 0 amide bonds. The van der Waals surface area contributed by atoms with Crippen molar-refractivity contribution in [3.63, 3.8) is 0 Å². The summed E-state index contributed by atoms with van der Waals surface area (Å²) in [6.07, 6.45) is 3.39. The molecule has 2 heterocycles. The predicted molar refractivity (Wildman–Crippen MR) is 69.1 cm³/mol. The Morgan fingerprint density at radius 2 is 2.38 bits per heavy atom. The first-order valence-corrected chi connectivity index (χ1v) is 5.74. The van der Waals surface area contributed by atoms with Crippen molar-refractivity contribution < 1.29 is 0 Å². The molecule has 0 fully saturated rings. The first-order valence-electron chi connectivity index (χ1n) is 4.51. The number of nitrogens with one attached hydrogen (secondary N) is 1. The fraction of sp³-hybridized carbons (Fsp3) is 0.100. The van der Waals surface area contributed by atoms with Gasteiger partial charge in [0.05, 0.1) is 11.4 Å². The molecule has 2 rings (SSSR count). The van der Waals surface area contributed by atoms with Crippen molar-refractivity contribution in [2.24, 2.45) is 4.99 Å². The summed E-state index contributed by atoms with van der Waals surface area (Å²) in [5, 5.41) is 6.87. The van der Waals surface area contributed by atoms with Crippen LogP contribution in [0.3, 0.4) is 0 Å². The van der Waals surface area contributed by atoms with Gasteiger partial charge in [-0.1, -0.05) is 11.3 Å². The van der Waals surface area contributed by atoms with Crippen molar-refractivity contribution >= 4 is 44.7 Å². The molecule has 0 unspecified atom stereocenters. The normalized spacial score (nSPS) is 9.56. The highest BCUT2D eigenvalue weighted by Crippen LogP contribution is 2.27. The van der Waals surface area contributed by atoms with Crippen molar-refractivity contribution in [1.82, 2.24) is 9.97 Å². The van der Waals surface area contributed by atoms with E-state index in [4.69, 9.17) is 0 Å². The fourth-order valence-corrected chi connectivity index (χ4v) is 1.95. The van der Waals surface area contributed by atoms with Gasteiger partial charge in [-0.25, -0.2) is 9.97 Å². The van der Waals surface area contributed by atoms with Gasteiger partial charge in [0.2, 0.25) is 0 Å². The molecule has 0 aliphatic rings. The minimum atomic E-state index is 0.727. The Kier molecular flexibility index (Phi) is 3.36. The second-order valence-corrected chi connectivity index (χ2v) is 4.24. The molecule has 2 aromatic rings. The Hall–Kier alpha value is -1.62. The Morgan fingerprint density at radius 1 is 1.50 bits per heavy atom. The SMILES string of the molecule is Cc1ccnc(Nc2ncc(N=C=S)s2)c1. The quantitative estimate of drug-likeness (QED) is 0.668. The summed E-state index contributed by atoms with van der Waals surface area (Å²) in [6, 6.07) is 3.89. The monoisotopic (exact) mass is 248 g/mol. The van der Waals surface area contributed by atoms with E-state index < -0.39 is 0 Å². The van der Waals surface area contributed by atoms with E-state index in [1.807, 2.05) is 19.1 Å². The molecule has 0 radical (unpaired) electrons. The minimum Gasteiger partial charge on any atom is -0.316 e. The van der Waals surface area contributed by atoms with Gasteiger partial charge in [-0.15, -0.1) is 0 Å². The summed E-state index contributed by atoms with van der Waals surface area (Å²) in [4.78, 5) is 12.2. The molecule has 1 N–H and O–H groups in total. The largest absolute Gasteiger partial charge is 0.316 e. The number of isothiocyanates is 1. The van der Waals surface area contributed by atoms with Crippen LogP contribution in [0.15, 0.2) is 29.5 Å². The van der Waals surface area contributed by atoms with Gasteiger partial charge < -0.3 is 5.32 Å². The lowest BCUT2D eigenvalue weighted by Crippen LogP contribution is -1.92. The Balaban J connectivity index is 2.17. The van der Waals surface area contributed by atoms with Crippen LogP contribution in [-0.4, -0.2) is 15.1 Å². The van der Waals surface area contributed by atoms with E-state index >= 15 is 0 Å². The highest BCUT2D eigenvalue weighted by atomic mass is 32.1. The number of thiazole rings is 1. The van der Waals surface area contributed by atoms with Gasteiger partial charge in [0.15, 0.2) is 5.13 Å². The molecule has 16 heavy (non-hydrogen) atoms. The van der Waals surface area contributed by atoms with Crippen LogP contribution in [0.2, 0.25) is 0 Å². The van der Waals surface area contributed by atoms with E-state index in [-0.39, 0.29) is 0 Å². The number of rotatable bonds is 3. The van der Waals surface area contributed by atoms with Gasteiger partial charge in [-0.2, -0.15) is 4.99 Å².